The number of nitrogen functional groups attached to an aromatic ring is 1. The number of fused-ring (bicyclic) bond motifs is 1. The summed E-state index contributed by atoms with van der Waals surface area (Å²) in [5, 5.41) is 9.54. The van der Waals surface area contributed by atoms with E-state index in [1.165, 1.54) is 17.4 Å². The second kappa shape index (κ2) is 5.41. The number of benzene rings is 2. The highest BCUT2D eigenvalue weighted by Crippen LogP contribution is 2.33. The normalized spacial score (nSPS) is 10.7. The molecule has 0 saturated heterocycles. The van der Waals surface area contributed by atoms with E-state index in [0.29, 0.717) is 27.7 Å². The van der Waals surface area contributed by atoms with Gasteiger partial charge in [0.15, 0.2) is 5.13 Å². The van der Waals surface area contributed by atoms with Gasteiger partial charge in [-0.15, -0.1) is 0 Å². The van der Waals surface area contributed by atoms with Crippen molar-refractivity contribution in [3.8, 4) is 5.75 Å². The predicted molar refractivity (Wildman–Crippen MR) is 81.8 cm³/mol. The van der Waals surface area contributed by atoms with Crippen molar-refractivity contribution in [2.75, 3.05) is 5.73 Å². The molecule has 0 aliphatic rings. The van der Waals surface area contributed by atoms with Crippen LogP contribution >= 0.6 is 11.3 Å². The van der Waals surface area contributed by atoms with Crippen LogP contribution in [0.25, 0.3) is 10.2 Å². The van der Waals surface area contributed by atoms with E-state index in [2.05, 4.69) is 4.98 Å². The highest BCUT2D eigenvalue weighted by molar-refractivity contribution is 7.22. The first kappa shape index (κ1) is 13.4. The fraction of sp³-hybridized carbons (Fsp3) is 0.0667. The lowest BCUT2D eigenvalue weighted by molar-refractivity contribution is 0.0696. The fourth-order valence-electron chi connectivity index (χ4n) is 1.98. The summed E-state index contributed by atoms with van der Waals surface area (Å²) in [6.07, 6.45) is 0. The Balaban J connectivity index is 1.97. The number of carboxylic acid groups (broad SMARTS) is 1. The van der Waals surface area contributed by atoms with Crippen LogP contribution in [0.5, 0.6) is 5.75 Å². The standard InChI is InChI=1S/C15H12N2O3S/c16-15-17-13-11(20-8-9-4-2-1-3-5-9)6-10(14(18)19)7-12(13)21-15/h1-7H,8H2,(H2,16,17)(H,18,19). The Labute approximate surface area is 124 Å². The van der Waals surface area contributed by atoms with Gasteiger partial charge in [-0.2, -0.15) is 0 Å². The molecule has 0 radical (unpaired) electrons. The van der Waals surface area contributed by atoms with Crippen molar-refractivity contribution in [2.45, 2.75) is 6.61 Å². The molecule has 0 aliphatic heterocycles. The van der Waals surface area contributed by atoms with Gasteiger partial charge in [0.25, 0.3) is 0 Å². The van der Waals surface area contributed by atoms with Crippen LogP contribution in [0.15, 0.2) is 42.5 Å². The minimum atomic E-state index is -1.01. The third-order valence-corrected chi connectivity index (χ3v) is 3.79. The third-order valence-electron chi connectivity index (χ3n) is 2.96. The van der Waals surface area contributed by atoms with Crippen LogP contribution in [-0.2, 0) is 6.61 Å². The van der Waals surface area contributed by atoms with Crippen molar-refractivity contribution in [3.63, 3.8) is 0 Å². The van der Waals surface area contributed by atoms with Crippen LogP contribution in [0.4, 0.5) is 5.13 Å². The molecule has 2 aromatic carbocycles. The summed E-state index contributed by atoms with van der Waals surface area (Å²) in [7, 11) is 0. The molecule has 6 heteroatoms. The zero-order valence-corrected chi connectivity index (χ0v) is 11.8. The van der Waals surface area contributed by atoms with Crippen LogP contribution in [0.3, 0.4) is 0 Å². The van der Waals surface area contributed by atoms with Gasteiger partial charge in [0.2, 0.25) is 0 Å². The molecular formula is C15H12N2O3S. The predicted octanol–water partition coefficient (Wildman–Crippen LogP) is 3.16. The number of hydrogen-bond acceptors (Lipinski definition) is 5. The highest BCUT2D eigenvalue weighted by atomic mass is 32.1. The number of ether oxygens (including phenoxy) is 1. The lowest BCUT2D eigenvalue weighted by Crippen LogP contribution is -2.00. The number of carboxylic acids is 1. The second-order valence-corrected chi connectivity index (χ2v) is 5.51. The first-order chi connectivity index (χ1) is 10.1. The van der Waals surface area contributed by atoms with Gasteiger partial charge in [-0.3, -0.25) is 0 Å². The number of rotatable bonds is 4. The van der Waals surface area contributed by atoms with Crippen molar-refractivity contribution >= 4 is 32.7 Å². The van der Waals surface area contributed by atoms with Crippen LogP contribution in [0.1, 0.15) is 15.9 Å². The van der Waals surface area contributed by atoms with Crippen molar-refractivity contribution in [3.05, 3.63) is 53.6 Å². The number of anilines is 1. The van der Waals surface area contributed by atoms with Crippen LogP contribution < -0.4 is 10.5 Å². The molecule has 5 nitrogen and oxygen atoms in total. The summed E-state index contributed by atoms with van der Waals surface area (Å²) >= 11 is 1.24. The molecule has 1 heterocycles. The van der Waals surface area contributed by atoms with Gasteiger partial charge in [0, 0.05) is 0 Å². The summed E-state index contributed by atoms with van der Waals surface area (Å²) in [5.74, 6) is -0.574. The van der Waals surface area contributed by atoms with E-state index in [1.54, 1.807) is 6.07 Å². The molecule has 3 N–H and O–H groups in total. The van der Waals surface area contributed by atoms with Crippen LogP contribution in [0, 0.1) is 0 Å². The average molecular weight is 300 g/mol. The van der Waals surface area contributed by atoms with E-state index >= 15 is 0 Å². The van der Waals surface area contributed by atoms with Crippen molar-refractivity contribution in [1.29, 1.82) is 0 Å². The largest absolute Gasteiger partial charge is 0.487 e. The maximum atomic E-state index is 11.2. The summed E-state index contributed by atoms with van der Waals surface area (Å²) in [6.45, 7) is 0.344. The number of nitrogens with zero attached hydrogens (tertiary/aromatic N) is 1. The quantitative estimate of drug-likeness (QED) is 0.773. The van der Waals surface area contributed by atoms with Gasteiger partial charge in [0.05, 0.1) is 10.3 Å². The Morgan fingerprint density at radius 2 is 2.05 bits per heavy atom. The number of carbonyl (C=O) groups is 1. The second-order valence-electron chi connectivity index (χ2n) is 4.45. The molecule has 0 bridgehead atoms. The summed E-state index contributed by atoms with van der Waals surface area (Å²) in [5.41, 5.74) is 7.45. The van der Waals surface area contributed by atoms with Crippen LogP contribution in [0.2, 0.25) is 0 Å². The molecule has 3 rings (SSSR count). The molecule has 0 spiro atoms. The molecule has 0 aliphatic carbocycles. The highest BCUT2D eigenvalue weighted by Gasteiger charge is 2.14. The molecule has 0 fully saturated rings. The number of nitrogens with two attached hydrogens (primary N) is 1. The number of hydrogen-bond donors (Lipinski definition) is 2. The first-order valence-corrected chi connectivity index (χ1v) is 7.05. The smallest absolute Gasteiger partial charge is 0.335 e. The topological polar surface area (TPSA) is 85.4 Å². The van der Waals surface area contributed by atoms with E-state index in [9.17, 15) is 4.79 Å². The zero-order valence-electron chi connectivity index (χ0n) is 10.9. The maximum Gasteiger partial charge on any atom is 0.335 e. The zero-order chi connectivity index (χ0) is 14.8. The van der Waals surface area contributed by atoms with Crippen molar-refractivity contribution < 1.29 is 14.6 Å². The Morgan fingerprint density at radius 1 is 1.29 bits per heavy atom. The Hall–Kier alpha value is -2.60. The summed E-state index contributed by atoms with van der Waals surface area (Å²) in [6, 6.07) is 12.7. The van der Waals surface area contributed by atoms with E-state index < -0.39 is 5.97 Å². The lowest BCUT2D eigenvalue weighted by Gasteiger charge is -2.08. The Bertz CT molecular complexity index is 799. The maximum absolute atomic E-state index is 11.2. The average Bonchev–Trinajstić information content (AvgIpc) is 2.86. The Morgan fingerprint density at radius 3 is 2.76 bits per heavy atom. The SMILES string of the molecule is Nc1nc2c(OCc3ccccc3)cc(C(=O)O)cc2s1. The van der Waals surface area contributed by atoms with E-state index in [1.807, 2.05) is 30.3 Å². The minimum Gasteiger partial charge on any atom is -0.487 e. The van der Waals surface area contributed by atoms with Gasteiger partial charge in [-0.1, -0.05) is 41.7 Å². The molecule has 0 saturated carbocycles. The molecule has 0 atom stereocenters. The van der Waals surface area contributed by atoms with Gasteiger partial charge in [0.1, 0.15) is 17.9 Å². The lowest BCUT2D eigenvalue weighted by atomic mass is 10.2. The van der Waals surface area contributed by atoms with Gasteiger partial charge < -0.3 is 15.6 Å². The fourth-order valence-corrected chi connectivity index (χ4v) is 2.78. The molecule has 0 unspecified atom stereocenters. The molecule has 3 aromatic rings. The minimum absolute atomic E-state index is 0.161. The van der Waals surface area contributed by atoms with Gasteiger partial charge >= 0.3 is 5.97 Å². The summed E-state index contributed by atoms with van der Waals surface area (Å²) in [4.78, 5) is 15.4. The molecule has 106 valence electrons. The van der Waals surface area contributed by atoms with Gasteiger partial charge in [-0.25, -0.2) is 9.78 Å². The Kier molecular flexibility index (Phi) is 3.45. The monoisotopic (exact) mass is 300 g/mol. The molecular weight excluding hydrogens is 288 g/mol. The molecule has 1 aromatic heterocycles. The molecule has 21 heavy (non-hydrogen) atoms. The van der Waals surface area contributed by atoms with Crippen molar-refractivity contribution in [2.24, 2.45) is 0 Å². The number of aromatic nitrogens is 1. The molecule has 0 amide bonds. The first-order valence-electron chi connectivity index (χ1n) is 6.23. The third kappa shape index (κ3) is 2.80. The van der Waals surface area contributed by atoms with E-state index in [4.69, 9.17) is 15.6 Å². The van der Waals surface area contributed by atoms with Crippen molar-refractivity contribution in [1.82, 2.24) is 4.98 Å². The van der Waals surface area contributed by atoms with E-state index in [-0.39, 0.29) is 5.56 Å². The number of thiazole rings is 1. The summed E-state index contributed by atoms with van der Waals surface area (Å²) < 4.78 is 6.44. The number of aromatic carboxylic acids is 1. The van der Waals surface area contributed by atoms with Gasteiger partial charge in [-0.05, 0) is 17.7 Å². The van der Waals surface area contributed by atoms with E-state index in [0.717, 1.165) is 5.56 Å². The van der Waals surface area contributed by atoms with Crippen LogP contribution in [-0.4, -0.2) is 16.1 Å².